The molecule has 21 heavy (non-hydrogen) atoms. The molecular weight excluding hydrogens is 387 g/mol. The Morgan fingerprint density at radius 1 is 0.952 bits per heavy atom. The molecule has 0 spiro atoms. The zero-order valence-electron chi connectivity index (χ0n) is 12.0. The zero-order valence-corrected chi connectivity index (χ0v) is 14.1. The number of halogens is 1. The molecule has 0 aliphatic carbocycles. The van der Waals surface area contributed by atoms with Crippen molar-refractivity contribution in [3.05, 3.63) is 0 Å². The maximum absolute atomic E-state index is 11.2. The smallest absolute Gasteiger partial charge is 0.407 e. The van der Waals surface area contributed by atoms with Gasteiger partial charge in [0.25, 0.3) is 0 Å². The first-order valence-corrected chi connectivity index (χ1v) is 8.16. The summed E-state index contributed by atoms with van der Waals surface area (Å²) < 4.78 is 10.7. The number of carbonyl (C=O) groups excluding carboxylic acids is 2. The third-order valence-electron chi connectivity index (χ3n) is 2.28. The van der Waals surface area contributed by atoms with Gasteiger partial charge in [-0.05, 0) is 0 Å². The van der Waals surface area contributed by atoms with Crippen LogP contribution in [0.5, 0.6) is 0 Å². The summed E-state index contributed by atoms with van der Waals surface area (Å²) >= 11 is 2.19. The second kappa shape index (κ2) is 14.3. The molecule has 0 bridgehead atoms. The molecule has 0 aromatic rings. The Morgan fingerprint density at radius 3 is 1.71 bits per heavy atom. The zero-order chi connectivity index (χ0) is 15.9. The van der Waals surface area contributed by atoms with Gasteiger partial charge in [0.05, 0.1) is 20.2 Å². The Kier molecular flexibility index (Phi) is 13.9. The van der Waals surface area contributed by atoms with Crippen LogP contribution in [0.4, 0.5) is 9.59 Å². The van der Waals surface area contributed by atoms with Crippen LogP contribution in [0, 0.1) is 0 Å². The van der Waals surface area contributed by atoms with Gasteiger partial charge in [-0.15, -0.1) is 0 Å². The molecule has 0 unspecified atom stereocenters. The van der Waals surface area contributed by atoms with E-state index >= 15 is 0 Å². The molecule has 0 aromatic carbocycles. The van der Waals surface area contributed by atoms with Crippen molar-refractivity contribution < 1.29 is 19.1 Å². The number of hydrogen-bond acceptors (Lipinski definition) is 5. The van der Waals surface area contributed by atoms with Crippen LogP contribution in [-0.4, -0.2) is 76.7 Å². The first kappa shape index (κ1) is 20.4. The summed E-state index contributed by atoms with van der Waals surface area (Å²) in [5.41, 5.74) is 0. The molecule has 4 radical (unpaired) electrons. The normalized spacial score (nSPS) is 10.2. The summed E-state index contributed by atoms with van der Waals surface area (Å²) in [6, 6.07) is 0. The number of alkyl carbamates (subject to hydrolysis) is 2. The van der Waals surface area contributed by atoms with E-state index in [1.807, 2.05) is 4.90 Å². The highest BCUT2D eigenvalue weighted by atomic mass is 127. The van der Waals surface area contributed by atoms with Crippen molar-refractivity contribution in [3.63, 3.8) is 0 Å². The fourth-order valence-electron chi connectivity index (χ4n) is 1.22. The van der Waals surface area contributed by atoms with Gasteiger partial charge in [0, 0.05) is 26.2 Å². The van der Waals surface area contributed by atoms with Crippen LogP contribution < -0.4 is 10.6 Å². The molecule has 0 fully saturated rings. The van der Waals surface area contributed by atoms with E-state index < -0.39 is 12.2 Å². The van der Waals surface area contributed by atoms with Crippen molar-refractivity contribution in [1.29, 1.82) is 0 Å². The number of ether oxygens (including phenoxy) is 2. The van der Waals surface area contributed by atoms with Crippen molar-refractivity contribution in [3.8, 4) is 0 Å². The van der Waals surface area contributed by atoms with Crippen LogP contribution in [-0.2, 0) is 9.47 Å². The first-order chi connectivity index (χ1) is 10.1. The second-order valence-corrected chi connectivity index (χ2v) is 4.62. The molecule has 0 heterocycles. The molecule has 10 heteroatoms. The van der Waals surface area contributed by atoms with E-state index in [0.29, 0.717) is 38.8 Å². The lowest BCUT2D eigenvalue weighted by Crippen LogP contribution is -2.34. The van der Waals surface area contributed by atoms with Crippen LogP contribution in [0.2, 0.25) is 12.6 Å². The van der Waals surface area contributed by atoms with Gasteiger partial charge in [0.1, 0.15) is 13.2 Å². The predicted molar refractivity (Wildman–Crippen MR) is 90.3 cm³/mol. The first-order valence-electron chi connectivity index (χ1n) is 6.63. The summed E-state index contributed by atoms with van der Waals surface area (Å²) in [7, 11) is 10.5. The van der Waals surface area contributed by atoms with E-state index in [-0.39, 0.29) is 13.2 Å². The lowest BCUT2D eigenvalue weighted by Gasteiger charge is -2.19. The minimum Gasteiger partial charge on any atom is -0.448 e. The number of nitrogens with zero attached hydrogens (tertiary/aromatic N) is 1. The Balaban J connectivity index is 3.66. The van der Waals surface area contributed by atoms with E-state index in [9.17, 15) is 9.59 Å². The van der Waals surface area contributed by atoms with Gasteiger partial charge in [0.2, 0.25) is 0 Å². The average molecular weight is 407 g/mol. The predicted octanol–water partition coefficient (Wildman–Crippen LogP) is 0.307. The van der Waals surface area contributed by atoms with Crippen LogP contribution in [0.1, 0.15) is 0 Å². The highest BCUT2D eigenvalue weighted by Crippen LogP contribution is 1.95. The van der Waals surface area contributed by atoms with Gasteiger partial charge < -0.3 is 20.1 Å². The van der Waals surface area contributed by atoms with Gasteiger partial charge in [-0.1, -0.05) is 35.2 Å². The monoisotopic (exact) mass is 407 g/mol. The second-order valence-electron chi connectivity index (χ2n) is 3.94. The molecule has 7 nitrogen and oxygen atoms in total. The van der Waals surface area contributed by atoms with Crippen LogP contribution in [0.25, 0.3) is 0 Å². The minimum absolute atomic E-state index is 0.263. The van der Waals surface area contributed by atoms with Crippen molar-refractivity contribution >= 4 is 50.5 Å². The summed E-state index contributed by atoms with van der Waals surface area (Å²) in [5.74, 6) is 0. The van der Waals surface area contributed by atoms with Crippen LogP contribution >= 0.6 is 22.6 Å². The molecule has 116 valence electrons. The molecule has 0 aromatic heterocycles. The van der Waals surface area contributed by atoms with Crippen molar-refractivity contribution in [2.45, 2.75) is 12.6 Å². The fraction of sp³-hybridized carbons (Fsp3) is 0.818. The van der Waals surface area contributed by atoms with Gasteiger partial charge in [-0.3, -0.25) is 4.90 Å². The SMILES string of the molecule is [B]CCNC(=O)OCCN(CI)CCOC(=O)NCC[B]. The Morgan fingerprint density at radius 2 is 1.38 bits per heavy atom. The summed E-state index contributed by atoms with van der Waals surface area (Å²) in [6.07, 6.45) is -0.214. The number of rotatable bonds is 11. The van der Waals surface area contributed by atoms with Crippen molar-refractivity contribution in [2.24, 2.45) is 0 Å². The molecule has 2 N–H and O–H groups in total. The highest BCUT2D eigenvalue weighted by molar-refractivity contribution is 14.1. The molecule has 0 atom stereocenters. The summed E-state index contributed by atoms with van der Waals surface area (Å²) in [6.45, 7) is 2.43. The van der Waals surface area contributed by atoms with E-state index in [4.69, 9.17) is 25.2 Å². The third-order valence-corrected chi connectivity index (χ3v) is 3.24. The summed E-state index contributed by atoms with van der Waals surface area (Å²) in [4.78, 5) is 24.3. The van der Waals surface area contributed by atoms with E-state index in [0.717, 1.165) is 4.55 Å². The lowest BCUT2D eigenvalue weighted by atomic mass is 10.1. The lowest BCUT2D eigenvalue weighted by molar-refractivity contribution is 0.115. The minimum atomic E-state index is -0.480. The van der Waals surface area contributed by atoms with Crippen LogP contribution in [0.3, 0.4) is 0 Å². The van der Waals surface area contributed by atoms with Crippen molar-refractivity contribution in [1.82, 2.24) is 15.5 Å². The fourth-order valence-corrected chi connectivity index (χ4v) is 1.90. The van der Waals surface area contributed by atoms with Gasteiger partial charge in [-0.2, -0.15) is 0 Å². The Bertz CT molecular complexity index is 275. The summed E-state index contributed by atoms with van der Waals surface area (Å²) in [5, 5.41) is 5.01. The number of nitrogens with one attached hydrogen (secondary N) is 2. The maximum Gasteiger partial charge on any atom is 0.407 e. The van der Waals surface area contributed by atoms with E-state index in [1.165, 1.54) is 0 Å². The van der Waals surface area contributed by atoms with Gasteiger partial charge in [-0.25, -0.2) is 9.59 Å². The topological polar surface area (TPSA) is 79.9 Å². The number of hydrogen-bond donors (Lipinski definition) is 2. The molecule has 0 saturated carbocycles. The molecule has 2 amide bonds. The largest absolute Gasteiger partial charge is 0.448 e. The Labute approximate surface area is 141 Å². The number of amides is 2. The molecule has 0 saturated heterocycles. The van der Waals surface area contributed by atoms with Crippen molar-refractivity contribution in [2.75, 3.05) is 43.9 Å². The molecule has 0 rings (SSSR count). The van der Waals surface area contributed by atoms with E-state index in [1.54, 1.807) is 0 Å². The van der Waals surface area contributed by atoms with Crippen LogP contribution in [0.15, 0.2) is 0 Å². The van der Waals surface area contributed by atoms with Gasteiger partial charge in [0.15, 0.2) is 0 Å². The van der Waals surface area contributed by atoms with Gasteiger partial charge >= 0.3 is 12.2 Å². The molecule has 0 aliphatic rings. The third kappa shape index (κ3) is 12.8. The Hall–Kier alpha value is -0.640. The standard InChI is InChI=1S/C11H20B2IN3O4/c12-1-3-15-10(18)20-7-5-17(9-14)6-8-21-11(19)16-4-2-13/h1-9H2,(H,15,18)(H,16,19). The highest BCUT2D eigenvalue weighted by Gasteiger charge is 2.07. The molecular formula is C11H20B2IN3O4. The van der Waals surface area contributed by atoms with E-state index in [2.05, 4.69) is 33.2 Å². The maximum atomic E-state index is 11.2. The average Bonchev–Trinajstić information content (AvgIpc) is 2.49. The number of alkyl halides is 1. The quantitative estimate of drug-likeness (QED) is 0.223. The molecule has 0 aliphatic heterocycles. The number of carbonyl (C=O) groups is 2.